The maximum Gasteiger partial charge on any atom is 0.255 e. The highest BCUT2D eigenvalue weighted by Gasteiger charge is 2.33. The maximum atomic E-state index is 13.4. The molecule has 2 aliphatic rings. The van der Waals surface area contributed by atoms with Gasteiger partial charge in [0.05, 0.1) is 19.0 Å². The highest BCUT2D eigenvalue weighted by atomic mass is 32.2. The van der Waals surface area contributed by atoms with Crippen molar-refractivity contribution < 1.29 is 17.9 Å². The normalized spacial score (nSPS) is 19.7. The Labute approximate surface area is 189 Å². The number of ether oxygens (including phenoxy) is 1. The molecule has 2 fully saturated rings. The number of methoxy groups -OCH3 is 1. The van der Waals surface area contributed by atoms with Crippen molar-refractivity contribution in [1.82, 2.24) is 9.29 Å². The zero-order valence-corrected chi connectivity index (χ0v) is 19.4. The highest BCUT2D eigenvalue weighted by molar-refractivity contribution is 7.89. The summed E-state index contributed by atoms with van der Waals surface area (Å²) in [5.74, 6) is 0.733. The van der Waals surface area contributed by atoms with Crippen molar-refractivity contribution in [3.05, 3.63) is 42.1 Å². The van der Waals surface area contributed by atoms with Crippen LogP contribution in [0.5, 0.6) is 5.75 Å². The Hall–Kier alpha value is -2.65. The molecule has 0 bridgehead atoms. The fourth-order valence-corrected chi connectivity index (χ4v) is 6.25. The molecule has 0 aliphatic carbocycles. The van der Waals surface area contributed by atoms with Crippen LogP contribution < -0.4 is 15.0 Å². The van der Waals surface area contributed by atoms with Gasteiger partial charge in [-0.3, -0.25) is 4.79 Å². The average molecular weight is 459 g/mol. The maximum absolute atomic E-state index is 13.4. The number of sulfonamides is 1. The standard InChI is InChI=1S/C23H30N4O4S/c1-17-7-3-4-14-27(17)32(29,30)21-15-18(8-10-20(21)31-2)23(28)25-19-9-11-22(24-16-19)26-12-5-6-13-26/h8-11,15-17H,3-7,12-14H2,1-2H3,(H,25,28). The molecule has 2 saturated heterocycles. The van der Waals surface area contributed by atoms with Gasteiger partial charge in [0, 0.05) is 31.2 Å². The molecule has 2 aliphatic heterocycles. The van der Waals surface area contributed by atoms with Crippen LogP contribution in [-0.4, -0.2) is 56.4 Å². The number of amides is 1. The van der Waals surface area contributed by atoms with Crippen molar-refractivity contribution in [2.45, 2.75) is 50.0 Å². The Morgan fingerprint density at radius 3 is 2.50 bits per heavy atom. The molecule has 1 aromatic carbocycles. The zero-order valence-electron chi connectivity index (χ0n) is 18.6. The molecular formula is C23H30N4O4S. The smallest absolute Gasteiger partial charge is 0.255 e. The van der Waals surface area contributed by atoms with Crippen molar-refractivity contribution in [2.75, 3.05) is 37.0 Å². The molecule has 2 aromatic rings. The molecule has 0 radical (unpaired) electrons. The Kier molecular flexibility index (Phi) is 6.66. The molecule has 1 amide bonds. The van der Waals surface area contributed by atoms with E-state index in [2.05, 4.69) is 15.2 Å². The first-order valence-electron chi connectivity index (χ1n) is 11.1. The molecular weight excluding hydrogens is 428 g/mol. The van der Waals surface area contributed by atoms with Crippen molar-refractivity contribution in [1.29, 1.82) is 0 Å². The second kappa shape index (κ2) is 9.46. The number of anilines is 2. The van der Waals surface area contributed by atoms with Gasteiger partial charge in [-0.15, -0.1) is 0 Å². The van der Waals surface area contributed by atoms with E-state index in [9.17, 15) is 13.2 Å². The van der Waals surface area contributed by atoms with E-state index in [1.165, 1.54) is 36.4 Å². The van der Waals surface area contributed by atoms with Crippen molar-refractivity contribution >= 4 is 27.4 Å². The number of nitrogens with one attached hydrogen (secondary N) is 1. The number of hydrogen-bond donors (Lipinski definition) is 1. The number of aromatic nitrogens is 1. The molecule has 4 rings (SSSR count). The SMILES string of the molecule is COc1ccc(C(=O)Nc2ccc(N3CCCC3)nc2)cc1S(=O)(=O)N1CCCCC1C. The first kappa shape index (κ1) is 22.5. The molecule has 9 heteroatoms. The number of nitrogens with zero attached hydrogens (tertiary/aromatic N) is 3. The van der Waals surface area contributed by atoms with E-state index >= 15 is 0 Å². The van der Waals surface area contributed by atoms with Gasteiger partial charge in [0.1, 0.15) is 16.5 Å². The van der Waals surface area contributed by atoms with Gasteiger partial charge in [0.2, 0.25) is 10.0 Å². The van der Waals surface area contributed by atoms with Crippen LogP contribution in [0.3, 0.4) is 0 Å². The minimum Gasteiger partial charge on any atom is -0.495 e. The van der Waals surface area contributed by atoms with Crippen LogP contribution in [0.2, 0.25) is 0 Å². The zero-order chi connectivity index (χ0) is 22.7. The van der Waals surface area contributed by atoms with Gasteiger partial charge in [-0.1, -0.05) is 6.42 Å². The van der Waals surface area contributed by atoms with Gasteiger partial charge in [0.15, 0.2) is 0 Å². The average Bonchev–Trinajstić information content (AvgIpc) is 3.34. The van der Waals surface area contributed by atoms with E-state index in [1.807, 2.05) is 19.1 Å². The number of benzene rings is 1. The van der Waals surface area contributed by atoms with Crippen LogP contribution >= 0.6 is 0 Å². The predicted molar refractivity (Wildman–Crippen MR) is 124 cm³/mol. The van der Waals surface area contributed by atoms with E-state index in [0.717, 1.165) is 38.2 Å². The second-order valence-electron chi connectivity index (χ2n) is 8.38. The molecule has 32 heavy (non-hydrogen) atoms. The van der Waals surface area contributed by atoms with Gasteiger partial charge in [-0.2, -0.15) is 4.31 Å². The number of rotatable bonds is 6. The summed E-state index contributed by atoms with van der Waals surface area (Å²) in [6, 6.07) is 8.12. The number of carbonyl (C=O) groups is 1. The van der Waals surface area contributed by atoms with Gasteiger partial charge in [0.25, 0.3) is 5.91 Å². The lowest BCUT2D eigenvalue weighted by Gasteiger charge is -2.32. The summed E-state index contributed by atoms with van der Waals surface area (Å²) in [6.45, 7) is 4.38. The molecule has 1 atom stereocenters. The largest absolute Gasteiger partial charge is 0.495 e. The summed E-state index contributed by atoms with van der Waals surface area (Å²) in [5, 5.41) is 2.81. The summed E-state index contributed by atoms with van der Waals surface area (Å²) < 4.78 is 33.6. The minimum atomic E-state index is -3.79. The number of carbonyl (C=O) groups excluding carboxylic acids is 1. The predicted octanol–water partition coefficient (Wildman–Crippen LogP) is 3.51. The third kappa shape index (κ3) is 4.59. The van der Waals surface area contributed by atoms with Crippen LogP contribution in [0.1, 0.15) is 49.4 Å². The van der Waals surface area contributed by atoms with Crippen molar-refractivity contribution in [3.8, 4) is 5.75 Å². The lowest BCUT2D eigenvalue weighted by Crippen LogP contribution is -2.42. The Morgan fingerprint density at radius 1 is 1.09 bits per heavy atom. The summed E-state index contributed by atoms with van der Waals surface area (Å²) in [4.78, 5) is 19.6. The molecule has 172 valence electrons. The monoisotopic (exact) mass is 458 g/mol. The minimum absolute atomic E-state index is 0.0175. The van der Waals surface area contributed by atoms with E-state index in [4.69, 9.17) is 4.74 Å². The summed E-state index contributed by atoms with van der Waals surface area (Å²) in [5.41, 5.74) is 0.806. The Morgan fingerprint density at radius 2 is 1.84 bits per heavy atom. The third-order valence-corrected chi connectivity index (χ3v) is 8.23. The summed E-state index contributed by atoms with van der Waals surface area (Å²) in [6.07, 6.45) is 6.62. The summed E-state index contributed by atoms with van der Waals surface area (Å²) in [7, 11) is -2.36. The first-order valence-corrected chi connectivity index (χ1v) is 12.6. The summed E-state index contributed by atoms with van der Waals surface area (Å²) >= 11 is 0. The molecule has 8 nitrogen and oxygen atoms in total. The third-order valence-electron chi connectivity index (χ3n) is 6.19. The van der Waals surface area contributed by atoms with Crippen LogP contribution in [-0.2, 0) is 10.0 Å². The van der Waals surface area contributed by atoms with E-state index in [1.54, 1.807) is 12.3 Å². The second-order valence-corrected chi connectivity index (χ2v) is 10.2. The highest BCUT2D eigenvalue weighted by Crippen LogP contribution is 2.32. The van der Waals surface area contributed by atoms with E-state index in [-0.39, 0.29) is 22.3 Å². The molecule has 0 saturated carbocycles. The van der Waals surface area contributed by atoms with Gasteiger partial charge in [-0.25, -0.2) is 13.4 Å². The fourth-order valence-electron chi connectivity index (χ4n) is 4.37. The molecule has 1 N–H and O–H groups in total. The molecule has 3 heterocycles. The van der Waals surface area contributed by atoms with Crippen molar-refractivity contribution in [2.24, 2.45) is 0 Å². The van der Waals surface area contributed by atoms with E-state index < -0.39 is 15.9 Å². The van der Waals surface area contributed by atoms with Crippen molar-refractivity contribution in [3.63, 3.8) is 0 Å². The van der Waals surface area contributed by atoms with Gasteiger partial charge >= 0.3 is 0 Å². The van der Waals surface area contributed by atoms with E-state index in [0.29, 0.717) is 12.2 Å². The lowest BCUT2D eigenvalue weighted by atomic mass is 10.1. The fraction of sp³-hybridized carbons (Fsp3) is 0.478. The molecule has 1 unspecified atom stereocenters. The number of pyridine rings is 1. The lowest BCUT2D eigenvalue weighted by molar-refractivity contribution is 0.102. The number of hydrogen-bond acceptors (Lipinski definition) is 6. The first-order chi connectivity index (χ1) is 15.4. The quantitative estimate of drug-likeness (QED) is 0.712. The van der Waals surface area contributed by atoms with Crippen LogP contribution in [0.25, 0.3) is 0 Å². The van der Waals surface area contributed by atoms with Gasteiger partial charge in [-0.05, 0) is 62.9 Å². The number of piperidine rings is 1. The molecule has 0 spiro atoms. The topological polar surface area (TPSA) is 91.8 Å². The Balaban J connectivity index is 1.55. The van der Waals surface area contributed by atoms with Gasteiger partial charge < -0.3 is 15.0 Å². The van der Waals surface area contributed by atoms with Crippen LogP contribution in [0.4, 0.5) is 11.5 Å². The molecule has 1 aromatic heterocycles. The van der Waals surface area contributed by atoms with Crippen LogP contribution in [0, 0.1) is 0 Å². The van der Waals surface area contributed by atoms with Crippen LogP contribution in [0.15, 0.2) is 41.4 Å². The Bertz CT molecular complexity index is 1070.